The van der Waals surface area contributed by atoms with Crippen LogP contribution in [0.1, 0.15) is 33.1 Å². The number of hydrogen-bond acceptors (Lipinski definition) is 3. The van der Waals surface area contributed by atoms with E-state index >= 15 is 0 Å². The number of aromatic nitrogens is 1. The van der Waals surface area contributed by atoms with E-state index in [0.29, 0.717) is 6.04 Å². The summed E-state index contributed by atoms with van der Waals surface area (Å²) < 4.78 is 0. The number of likely N-dealkylation sites (tertiary alicyclic amines) is 1. The van der Waals surface area contributed by atoms with E-state index in [1.807, 2.05) is 17.0 Å². The number of pyridine rings is 1. The van der Waals surface area contributed by atoms with Gasteiger partial charge in [-0.3, -0.25) is 9.78 Å². The van der Waals surface area contributed by atoms with Crippen molar-refractivity contribution in [2.45, 2.75) is 39.2 Å². The standard InChI is InChI=1S/C15H23N3O/c1-3-9-17-10-6-14(7-11-17)18(13(2)19)15-5-4-8-16-12-15/h4-5,8,12,14H,3,6-7,9-11H2,1-2H3. The third-order valence-electron chi connectivity index (χ3n) is 3.73. The Hall–Kier alpha value is -1.42. The number of hydrogen-bond donors (Lipinski definition) is 0. The summed E-state index contributed by atoms with van der Waals surface area (Å²) in [7, 11) is 0. The summed E-state index contributed by atoms with van der Waals surface area (Å²) in [4.78, 5) is 20.5. The first-order valence-electron chi connectivity index (χ1n) is 7.14. The summed E-state index contributed by atoms with van der Waals surface area (Å²) in [5.74, 6) is 0.113. The summed E-state index contributed by atoms with van der Waals surface area (Å²) in [5, 5.41) is 0. The predicted molar refractivity (Wildman–Crippen MR) is 77.2 cm³/mol. The van der Waals surface area contributed by atoms with Gasteiger partial charge in [0, 0.05) is 32.3 Å². The molecule has 2 rings (SSSR count). The van der Waals surface area contributed by atoms with E-state index in [2.05, 4.69) is 16.8 Å². The van der Waals surface area contributed by atoms with E-state index < -0.39 is 0 Å². The highest BCUT2D eigenvalue weighted by atomic mass is 16.2. The van der Waals surface area contributed by atoms with Crippen LogP contribution in [0.3, 0.4) is 0 Å². The van der Waals surface area contributed by atoms with Crippen LogP contribution >= 0.6 is 0 Å². The van der Waals surface area contributed by atoms with Crippen molar-refractivity contribution in [2.75, 3.05) is 24.5 Å². The molecule has 0 atom stereocenters. The molecular formula is C15H23N3O. The van der Waals surface area contributed by atoms with Crippen LogP contribution in [0.5, 0.6) is 0 Å². The van der Waals surface area contributed by atoms with Crippen molar-refractivity contribution >= 4 is 11.6 Å². The second kappa shape index (κ2) is 6.66. The molecule has 0 unspecified atom stereocenters. The Morgan fingerprint density at radius 3 is 2.74 bits per heavy atom. The van der Waals surface area contributed by atoms with Crippen LogP contribution in [0.25, 0.3) is 0 Å². The molecule has 0 spiro atoms. The number of piperidine rings is 1. The molecule has 1 amide bonds. The lowest BCUT2D eigenvalue weighted by atomic mass is 10.0. The zero-order valence-corrected chi connectivity index (χ0v) is 11.9. The van der Waals surface area contributed by atoms with Gasteiger partial charge in [-0.05, 0) is 37.9 Å². The average molecular weight is 261 g/mol. The SMILES string of the molecule is CCCN1CCC(N(C(C)=O)c2cccnc2)CC1. The van der Waals surface area contributed by atoms with Crippen LogP contribution in [0.2, 0.25) is 0 Å². The van der Waals surface area contributed by atoms with Gasteiger partial charge >= 0.3 is 0 Å². The molecule has 104 valence electrons. The van der Waals surface area contributed by atoms with E-state index in [0.717, 1.165) is 31.6 Å². The quantitative estimate of drug-likeness (QED) is 0.834. The zero-order chi connectivity index (χ0) is 13.7. The Morgan fingerprint density at radius 1 is 1.47 bits per heavy atom. The maximum atomic E-state index is 11.9. The highest BCUT2D eigenvalue weighted by molar-refractivity contribution is 5.91. The molecule has 0 aliphatic carbocycles. The fourth-order valence-electron chi connectivity index (χ4n) is 2.86. The van der Waals surface area contributed by atoms with Crippen molar-refractivity contribution in [2.24, 2.45) is 0 Å². The minimum absolute atomic E-state index is 0.113. The first-order valence-corrected chi connectivity index (χ1v) is 7.14. The fourth-order valence-corrected chi connectivity index (χ4v) is 2.86. The third kappa shape index (κ3) is 3.53. The summed E-state index contributed by atoms with van der Waals surface area (Å²) >= 11 is 0. The maximum Gasteiger partial charge on any atom is 0.224 e. The van der Waals surface area contributed by atoms with Gasteiger partial charge in [0.25, 0.3) is 0 Å². The molecule has 1 saturated heterocycles. The Labute approximate surface area is 115 Å². The van der Waals surface area contributed by atoms with Gasteiger partial charge in [0.2, 0.25) is 5.91 Å². The maximum absolute atomic E-state index is 11.9. The first-order chi connectivity index (χ1) is 9.22. The molecule has 4 heteroatoms. The van der Waals surface area contributed by atoms with Gasteiger partial charge in [-0.15, -0.1) is 0 Å². The van der Waals surface area contributed by atoms with E-state index in [1.54, 1.807) is 19.3 Å². The third-order valence-corrected chi connectivity index (χ3v) is 3.73. The van der Waals surface area contributed by atoms with E-state index in [9.17, 15) is 4.79 Å². The van der Waals surface area contributed by atoms with Gasteiger partial charge in [0.1, 0.15) is 0 Å². The summed E-state index contributed by atoms with van der Waals surface area (Å²) in [5.41, 5.74) is 0.920. The topological polar surface area (TPSA) is 36.4 Å². The molecule has 1 aromatic heterocycles. The van der Waals surface area contributed by atoms with E-state index in [4.69, 9.17) is 0 Å². The van der Waals surface area contributed by atoms with Crippen molar-refractivity contribution in [1.82, 2.24) is 9.88 Å². The van der Waals surface area contributed by atoms with E-state index in [1.165, 1.54) is 13.0 Å². The van der Waals surface area contributed by atoms with Gasteiger partial charge < -0.3 is 9.80 Å². The minimum atomic E-state index is 0.113. The fraction of sp³-hybridized carbons (Fsp3) is 0.600. The molecule has 0 aromatic carbocycles. The van der Waals surface area contributed by atoms with Gasteiger partial charge in [0.05, 0.1) is 11.9 Å². The molecular weight excluding hydrogens is 238 g/mol. The molecule has 4 nitrogen and oxygen atoms in total. The molecule has 19 heavy (non-hydrogen) atoms. The minimum Gasteiger partial charge on any atom is -0.308 e. The lowest BCUT2D eigenvalue weighted by Crippen LogP contribution is -2.47. The summed E-state index contributed by atoms with van der Waals surface area (Å²) in [6.07, 6.45) is 6.82. The van der Waals surface area contributed by atoms with Crippen LogP contribution in [0, 0.1) is 0 Å². The normalized spacial score (nSPS) is 17.4. The molecule has 0 bridgehead atoms. The lowest BCUT2D eigenvalue weighted by Gasteiger charge is -2.38. The predicted octanol–water partition coefficient (Wildman–Crippen LogP) is 2.31. The van der Waals surface area contributed by atoms with Crippen molar-refractivity contribution in [3.63, 3.8) is 0 Å². The van der Waals surface area contributed by atoms with Crippen molar-refractivity contribution < 1.29 is 4.79 Å². The van der Waals surface area contributed by atoms with Crippen LogP contribution in [0.15, 0.2) is 24.5 Å². The highest BCUT2D eigenvalue weighted by Crippen LogP contribution is 2.23. The molecule has 0 saturated carbocycles. The van der Waals surface area contributed by atoms with Crippen LogP contribution in [0.4, 0.5) is 5.69 Å². The van der Waals surface area contributed by atoms with Crippen molar-refractivity contribution in [3.05, 3.63) is 24.5 Å². The Bertz CT molecular complexity index is 399. The smallest absolute Gasteiger partial charge is 0.224 e. The number of amides is 1. The molecule has 0 N–H and O–H groups in total. The number of nitrogens with zero attached hydrogens (tertiary/aromatic N) is 3. The molecule has 1 aliphatic rings. The van der Waals surface area contributed by atoms with Crippen LogP contribution in [-0.4, -0.2) is 41.5 Å². The number of rotatable bonds is 4. The largest absolute Gasteiger partial charge is 0.308 e. The number of carbonyl (C=O) groups is 1. The zero-order valence-electron chi connectivity index (χ0n) is 11.9. The van der Waals surface area contributed by atoms with Gasteiger partial charge in [-0.25, -0.2) is 0 Å². The highest BCUT2D eigenvalue weighted by Gasteiger charge is 2.27. The second-order valence-corrected chi connectivity index (χ2v) is 5.17. The van der Waals surface area contributed by atoms with Gasteiger partial charge in [0.15, 0.2) is 0 Å². The van der Waals surface area contributed by atoms with Crippen LogP contribution < -0.4 is 4.90 Å². The molecule has 1 aromatic rings. The van der Waals surface area contributed by atoms with Crippen LogP contribution in [-0.2, 0) is 4.79 Å². The summed E-state index contributed by atoms with van der Waals surface area (Å²) in [6, 6.07) is 4.17. The van der Waals surface area contributed by atoms with Crippen molar-refractivity contribution in [3.8, 4) is 0 Å². The number of carbonyl (C=O) groups excluding carboxylic acids is 1. The van der Waals surface area contributed by atoms with Crippen molar-refractivity contribution in [1.29, 1.82) is 0 Å². The van der Waals surface area contributed by atoms with Gasteiger partial charge in [-0.1, -0.05) is 6.92 Å². The Kier molecular flexibility index (Phi) is 4.91. The average Bonchev–Trinajstić information content (AvgIpc) is 2.42. The van der Waals surface area contributed by atoms with Gasteiger partial charge in [-0.2, -0.15) is 0 Å². The molecule has 0 radical (unpaired) electrons. The molecule has 2 heterocycles. The molecule has 1 aliphatic heterocycles. The second-order valence-electron chi connectivity index (χ2n) is 5.17. The lowest BCUT2D eigenvalue weighted by molar-refractivity contribution is -0.117. The Balaban J connectivity index is 2.04. The van der Waals surface area contributed by atoms with E-state index in [-0.39, 0.29) is 5.91 Å². The Morgan fingerprint density at radius 2 is 2.21 bits per heavy atom. The monoisotopic (exact) mass is 261 g/mol. The first kappa shape index (κ1) is 14.0. The molecule has 1 fully saturated rings. The summed E-state index contributed by atoms with van der Waals surface area (Å²) in [6.45, 7) is 7.19. The number of anilines is 1.